The van der Waals surface area contributed by atoms with Crippen LogP contribution in [-0.4, -0.2) is 15.1 Å². The number of hydrogen-bond donors (Lipinski definition) is 1. The minimum atomic E-state index is 0. The number of hydrogen-bond acceptors (Lipinski definition) is 3. The lowest BCUT2D eigenvalue weighted by molar-refractivity contribution is -0.656. The fraction of sp³-hybridized carbons (Fsp3) is 0.130. The van der Waals surface area contributed by atoms with Crippen LogP contribution < -0.4 is 10.00 Å². The normalized spacial score (nSPS) is 10.4. The number of anilines is 2. The van der Waals surface area contributed by atoms with E-state index in [9.17, 15) is 0 Å². The van der Waals surface area contributed by atoms with Crippen LogP contribution in [0.5, 0.6) is 0 Å². The van der Waals surface area contributed by atoms with Gasteiger partial charge < -0.3 is 10.8 Å². The lowest BCUT2D eigenvalue weighted by Gasteiger charge is -2.07. The highest BCUT2D eigenvalue weighted by atomic mass is 16.0. The lowest BCUT2D eigenvalue weighted by atomic mass is 10.2. The first-order valence-corrected chi connectivity index (χ1v) is 9.09. The molecular formula is C23H24N4O. The summed E-state index contributed by atoms with van der Waals surface area (Å²) in [6.45, 7) is 6.31. The van der Waals surface area contributed by atoms with Gasteiger partial charge in [0.2, 0.25) is 0 Å². The van der Waals surface area contributed by atoms with Gasteiger partial charge in [0.1, 0.15) is 5.69 Å². The number of aromatic nitrogens is 3. The van der Waals surface area contributed by atoms with Gasteiger partial charge >= 0.3 is 5.95 Å². The van der Waals surface area contributed by atoms with E-state index in [1.807, 2.05) is 35.3 Å². The quantitative estimate of drug-likeness (QED) is 0.531. The summed E-state index contributed by atoms with van der Waals surface area (Å²) in [7, 11) is 0. The first kappa shape index (κ1) is 19.3. The molecule has 0 atom stereocenters. The Hall–Kier alpha value is -3.44. The third-order valence-corrected chi connectivity index (χ3v) is 4.78. The van der Waals surface area contributed by atoms with E-state index in [2.05, 4.69) is 79.2 Å². The van der Waals surface area contributed by atoms with Crippen molar-refractivity contribution in [3.63, 3.8) is 0 Å². The minimum Gasteiger partial charge on any atom is -0.870 e. The third kappa shape index (κ3) is 3.66. The summed E-state index contributed by atoms with van der Waals surface area (Å²) in [5, 5.41) is 8.37. The van der Waals surface area contributed by atoms with Gasteiger partial charge in [-0.3, -0.25) is 0 Å². The molecule has 1 aromatic heterocycles. The summed E-state index contributed by atoms with van der Waals surface area (Å²) < 4.78 is 4.04. The summed E-state index contributed by atoms with van der Waals surface area (Å²) in [5.74, 6) is 0.779. The van der Waals surface area contributed by atoms with E-state index in [0.717, 1.165) is 23.0 Å². The number of nitrogens with zero attached hydrogens (tertiary/aromatic N) is 3. The molecule has 0 bridgehead atoms. The summed E-state index contributed by atoms with van der Waals surface area (Å²) >= 11 is 0. The van der Waals surface area contributed by atoms with E-state index in [-0.39, 0.29) is 5.48 Å². The molecule has 0 aliphatic carbocycles. The second-order valence-electron chi connectivity index (χ2n) is 6.77. The molecule has 0 unspecified atom stereocenters. The molecule has 0 amide bonds. The van der Waals surface area contributed by atoms with E-state index >= 15 is 0 Å². The van der Waals surface area contributed by atoms with Gasteiger partial charge in [-0.1, -0.05) is 59.3 Å². The Labute approximate surface area is 165 Å². The Morgan fingerprint density at radius 1 is 0.750 bits per heavy atom. The smallest absolute Gasteiger partial charge is 0.341 e. The molecule has 142 valence electrons. The molecule has 0 spiro atoms. The zero-order valence-corrected chi connectivity index (χ0v) is 16.3. The van der Waals surface area contributed by atoms with E-state index < -0.39 is 0 Å². The average Bonchev–Trinajstić information content (AvgIpc) is 3.08. The molecule has 0 saturated carbocycles. The van der Waals surface area contributed by atoms with Crippen molar-refractivity contribution in [3.05, 3.63) is 95.8 Å². The molecule has 1 heterocycles. The van der Waals surface area contributed by atoms with Crippen molar-refractivity contribution in [1.82, 2.24) is 9.67 Å². The predicted molar refractivity (Wildman–Crippen MR) is 111 cm³/mol. The Kier molecular flexibility index (Phi) is 5.57. The van der Waals surface area contributed by atoms with E-state index in [4.69, 9.17) is 5.10 Å². The largest absolute Gasteiger partial charge is 0.870 e. The van der Waals surface area contributed by atoms with Gasteiger partial charge in [0.15, 0.2) is 5.69 Å². The van der Waals surface area contributed by atoms with Crippen LogP contribution in [0.15, 0.2) is 79.1 Å². The van der Waals surface area contributed by atoms with Crippen molar-refractivity contribution >= 4 is 11.6 Å². The van der Waals surface area contributed by atoms with Gasteiger partial charge in [0.05, 0.1) is 0 Å². The van der Waals surface area contributed by atoms with Crippen molar-refractivity contribution in [2.24, 2.45) is 0 Å². The zero-order valence-electron chi connectivity index (χ0n) is 16.3. The molecule has 0 aliphatic rings. The third-order valence-electron chi connectivity index (χ3n) is 4.78. The molecule has 4 aromatic rings. The van der Waals surface area contributed by atoms with Gasteiger partial charge in [-0.2, -0.15) is 4.57 Å². The molecule has 2 N–H and O–H groups in total. The Balaban J connectivity index is 0.00000225. The van der Waals surface area contributed by atoms with Crippen LogP contribution in [-0.2, 0) is 0 Å². The van der Waals surface area contributed by atoms with Gasteiger partial charge in [0.25, 0.3) is 6.33 Å². The first-order valence-electron chi connectivity index (χ1n) is 9.09. The monoisotopic (exact) mass is 372 g/mol. The molecule has 0 saturated heterocycles. The minimum absolute atomic E-state index is 0. The highest BCUT2D eigenvalue weighted by molar-refractivity contribution is 5.59. The lowest BCUT2D eigenvalue weighted by Crippen LogP contribution is -2.33. The molecule has 3 aromatic carbocycles. The summed E-state index contributed by atoms with van der Waals surface area (Å²) in [4.78, 5) is 0. The molecule has 4 rings (SSSR count). The molecule has 28 heavy (non-hydrogen) atoms. The predicted octanol–water partition coefficient (Wildman–Crippen LogP) is 4.64. The van der Waals surface area contributed by atoms with E-state index in [1.54, 1.807) is 0 Å². The fourth-order valence-corrected chi connectivity index (χ4v) is 3.21. The average molecular weight is 372 g/mol. The number of para-hydroxylation sites is 3. The summed E-state index contributed by atoms with van der Waals surface area (Å²) in [6, 6.07) is 24.9. The van der Waals surface area contributed by atoms with Crippen molar-refractivity contribution in [2.75, 3.05) is 5.32 Å². The highest BCUT2D eigenvalue weighted by Crippen LogP contribution is 2.23. The Morgan fingerprint density at radius 3 is 2.04 bits per heavy atom. The van der Waals surface area contributed by atoms with Crippen LogP contribution in [0.4, 0.5) is 11.6 Å². The molecule has 0 radical (unpaired) electrons. The van der Waals surface area contributed by atoms with Crippen molar-refractivity contribution in [1.29, 1.82) is 0 Å². The zero-order chi connectivity index (χ0) is 18.8. The maximum Gasteiger partial charge on any atom is 0.341 e. The van der Waals surface area contributed by atoms with Gasteiger partial charge in [-0.25, -0.2) is 0 Å². The van der Waals surface area contributed by atoms with Crippen LogP contribution >= 0.6 is 0 Å². The fourth-order valence-electron chi connectivity index (χ4n) is 3.21. The van der Waals surface area contributed by atoms with Crippen LogP contribution in [0.25, 0.3) is 11.4 Å². The molecule has 5 nitrogen and oxygen atoms in total. The second-order valence-corrected chi connectivity index (χ2v) is 6.77. The first-order chi connectivity index (χ1) is 13.1. The van der Waals surface area contributed by atoms with Gasteiger partial charge in [-0.05, 0) is 60.8 Å². The Morgan fingerprint density at radius 2 is 1.36 bits per heavy atom. The summed E-state index contributed by atoms with van der Waals surface area (Å²) in [6.07, 6.45) is 2.03. The van der Waals surface area contributed by atoms with Crippen LogP contribution in [0, 0.1) is 20.8 Å². The molecule has 5 heteroatoms. The standard InChI is InChI=1S/C23H23N4.H2O/c1-17-10-4-7-13-20(17)24-23-25-27(22-15-9-6-12-19(22)3)16-26(23)21-14-8-5-11-18(21)2;/h4-16H,1-3H3,(H,24,25);1H2/q+1;/p-1. The number of aryl methyl sites for hydroxylation is 3. The van der Waals surface area contributed by atoms with Crippen LogP contribution in [0.1, 0.15) is 16.7 Å². The van der Waals surface area contributed by atoms with E-state index in [0.29, 0.717) is 0 Å². The topological polar surface area (TPSA) is 63.7 Å². The van der Waals surface area contributed by atoms with Gasteiger partial charge in [-0.15, -0.1) is 0 Å². The number of nitrogens with one attached hydrogen (secondary N) is 1. The Bertz CT molecular complexity index is 1100. The SMILES string of the molecule is Cc1ccccc1Nc1n[n+](-c2ccccc2C)cn1-c1ccccc1C.[OH-]. The van der Waals surface area contributed by atoms with Crippen molar-refractivity contribution < 1.29 is 10.2 Å². The van der Waals surface area contributed by atoms with Crippen LogP contribution in [0.2, 0.25) is 0 Å². The summed E-state index contributed by atoms with van der Waals surface area (Å²) in [5.41, 5.74) is 6.78. The van der Waals surface area contributed by atoms with Gasteiger partial charge in [0, 0.05) is 5.69 Å². The molecule has 0 fully saturated rings. The molecule has 0 aliphatic heterocycles. The maximum absolute atomic E-state index is 4.86. The van der Waals surface area contributed by atoms with Crippen molar-refractivity contribution in [3.8, 4) is 11.4 Å². The van der Waals surface area contributed by atoms with Crippen LogP contribution in [0.3, 0.4) is 0 Å². The van der Waals surface area contributed by atoms with E-state index in [1.165, 1.54) is 16.7 Å². The maximum atomic E-state index is 4.86. The second kappa shape index (κ2) is 8.06. The number of benzene rings is 3. The highest BCUT2D eigenvalue weighted by Gasteiger charge is 2.21. The van der Waals surface area contributed by atoms with Crippen molar-refractivity contribution in [2.45, 2.75) is 20.8 Å². The number of rotatable bonds is 4. The molecular weight excluding hydrogens is 348 g/mol.